The fraction of sp³-hybridized carbons (Fsp3) is 0.833. The van der Waals surface area contributed by atoms with Gasteiger partial charge in [0, 0.05) is 18.3 Å². The molecule has 3 N–H and O–H groups in total. The molecule has 0 aliphatic carbocycles. The summed E-state index contributed by atoms with van der Waals surface area (Å²) < 4.78 is 0.888. The summed E-state index contributed by atoms with van der Waals surface area (Å²) >= 11 is 6.70. The van der Waals surface area contributed by atoms with Crippen molar-refractivity contribution in [3.63, 3.8) is 0 Å². The van der Waals surface area contributed by atoms with Crippen LogP contribution in [0.5, 0.6) is 0 Å². The summed E-state index contributed by atoms with van der Waals surface area (Å²) in [6, 6.07) is 0. The van der Waals surface area contributed by atoms with Crippen molar-refractivity contribution in [3.05, 3.63) is 0 Å². The molecule has 0 amide bonds. The molecule has 0 aromatic heterocycles. The van der Waals surface area contributed by atoms with E-state index in [1.807, 2.05) is 0 Å². The number of thiocarbonyl (C=S) groups is 1. The summed E-state index contributed by atoms with van der Waals surface area (Å²) in [5.74, 6) is 0. The van der Waals surface area contributed by atoms with Gasteiger partial charge in [0.05, 0.1) is 0 Å². The second kappa shape index (κ2) is 4.92. The summed E-state index contributed by atoms with van der Waals surface area (Å²) in [6.07, 6.45) is 2.11. The van der Waals surface area contributed by atoms with Crippen molar-refractivity contribution in [2.24, 2.45) is 0 Å². The van der Waals surface area contributed by atoms with Crippen LogP contribution in [0.1, 0.15) is 12.8 Å². The van der Waals surface area contributed by atoms with Gasteiger partial charge in [-0.2, -0.15) is 0 Å². The first-order valence-electron chi connectivity index (χ1n) is 3.64. The molecular weight excluding hydrogens is 180 g/mol. The average molecular weight is 192 g/mol. The number of thioether (sulfide) groups is 1. The van der Waals surface area contributed by atoms with Crippen LogP contribution in [0.3, 0.4) is 0 Å². The van der Waals surface area contributed by atoms with Gasteiger partial charge < -0.3 is 10.5 Å². The van der Waals surface area contributed by atoms with Crippen LogP contribution in [0.2, 0.25) is 0 Å². The monoisotopic (exact) mass is 192 g/mol. The molecule has 64 valence electrons. The molecule has 1 rings (SSSR count). The molecule has 1 unspecified atom stereocenters. The molecule has 1 fully saturated rings. The van der Waals surface area contributed by atoms with Gasteiger partial charge in [-0.1, -0.05) is 24.0 Å². The van der Waals surface area contributed by atoms with Gasteiger partial charge in [0.1, 0.15) is 4.32 Å². The Bertz CT molecular complexity index is 143. The van der Waals surface area contributed by atoms with E-state index in [-0.39, 0.29) is 0 Å². The quantitative estimate of drug-likeness (QED) is 0.454. The van der Waals surface area contributed by atoms with Gasteiger partial charge in [-0.25, -0.2) is 5.48 Å². The minimum absolute atomic E-state index is 0.573. The summed E-state index contributed by atoms with van der Waals surface area (Å²) in [5, 5.41) is 12.0. The van der Waals surface area contributed by atoms with Gasteiger partial charge >= 0.3 is 0 Å². The standard InChI is InChI=1S/C6H12N2OS2/c9-8-4-2-5-1-3-7-6(10)11-5/h5,8-9H,1-4H2,(H,7,10). The third-order valence-corrected chi connectivity index (χ3v) is 3.18. The van der Waals surface area contributed by atoms with Gasteiger partial charge in [0.2, 0.25) is 0 Å². The van der Waals surface area contributed by atoms with E-state index in [1.54, 1.807) is 11.8 Å². The van der Waals surface area contributed by atoms with E-state index in [2.05, 4.69) is 10.8 Å². The number of rotatable bonds is 3. The fourth-order valence-corrected chi connectivity index (χ4v) is 2.49. The molecule has 1 atom stereocenters. The summed E-state index contributed by atoms with van der Waals surface area (Å²) in [7, 11) is 0. The van der Waals surface area contributed by atoms with Crippen molar-refractivity contribution in [1.82, 2.24) is 10.8 Å². The highest BCUT2D eigenvalue weighted by atomic mass is 32.2. The zero-order valence-corrected chi connectivity index (χ0v) is 7.80. The average Bonchev–Trinajstić information content (AvgIpc) is 2.01. The lowest BCUT2D eigenvalue weighted by atomic mass is 10.2. The van der Waals surface area contributed by atoms with E-state index in [1.165, 1.54) is 0 Å². The van der Waals surface area contributed by atoms with E-state index >= 15 is 0 Å². The Morgan fingerprint density at radius 1 is 1.82 bits per heavy atom. The van der Waals surface area contributed by atoms with Gasteiger partial charge in [0.15, 0.2) is 0 Å². The SMILES string of the molecule is ONCCC1CCNC(=S)S1. The Morgan fingerprint density at radius 3 is 3.27 bits per heavy atom. The van der Waals surface area contributed by atoms with Gasteiger partial charge in [-0.3, -0.25) is 0 Å². The Morgan fingerprint density at radius 2 is 2.64 bits per heavy atom. The lowest BCUT2D eigenvalue weighted by Crippen LogP contribution is -2.31. The molecule has 0 aromatic carbocycles. The predicted molar refractivity (Wildman–Crippen MR) is 51.0 cm³/mol. The normalized spacial score (nSPS) is 24.8. The van der Waals surface area contributed by atoms with Crippen LogP contribution in [0.25, 0.3) is 0 Å². The summed E-state index contributed by atoms with van der Waals surface area (Å²) in [6.45, 7) is 1.63. The molecule has 11 heavy (non-hydrogen) atoms. The molecule has 0 radical (unpaired) electrons. The molecule has 0 spiro atoms. The predicted octanol–water partition coefficient (Wildman–Crippen LogP) is 0.735. The zero-order valence-electron chi connectivity index (χ0n) is 6.17. The van der Waals surface area contributed by atoms with Crippen molar-refractivity contribution in [3.8, 4) is 0 Å². The first-order valence-corrected chi connectivity index (χ1v) is 4.93. The third-order valence-electron chi connectivity index (χ3n) is 1.59. The minimum Gasteiger partial charge on any atom is -0.371 e. The topological polar surface area (TPSA) is 44.3 Å². The largest absolute Gasteiger partial charge is 0.371 e. The highest BCUT2D eigenvalue weighted by Crippen LogP contribution is 2.21. The lowest BCUT2D eigenvalue weighted by Gasteiger charge is -2.22. The van der Waals surface area contributed by atoms with E-state index in [9.17, 15) is 0 Å². The van der Waals surface area contributed by atoms with Crippen molar-refractivity contribution in [2.45, 2.75) is 18.1 Å². The molecule has 1 aliphatic rings. The van der Waals surface area contributed by atoms with Crippen molar-refractivity contribution < 1.29 is 5.21 Å². The maximum Gasteiger partial charge on any atom is 0.134 e. The van der Waals surface area contributed by atoms with Crippen LogP contribution in [-0.4, -0.2) is 27.9 Å². The van der Waals surface area contributed by atoms with Crippen molar-refractivity contribution in [2.75, 3.05) is 13.1 Å². The van der Waals surface area contributed by atoms with Crippen LogP contribution in [0.15, 0.2) is 0 Å². The molecule has 0 aromatic rings. The van der Waals surface area contributed by atoms with Crippen LogP contribution in [-0.2, 0) is 0 Å². The van der Waals surface area contributed by atoms with Crippen LogP contribution in [0.4, 0.5) is 0 Å². The third kappa shape index (κ3) is 3.37. The maximum atomic E-state index is 8.36. The number of hydroxylamine groups is 1. The second-order valence-electron chi connectivity index (χ2n) is 2.44. The fourth-order valence-electron chi connectivity index (χ4n) is 1.02. The number of nitrogens with one attached hydrogen (secondary N) is 2. The first-order chi connectivity index (χ1) is 5.33. The summed E-state index contributed by atoms with van der Waals surface area (Å²) in [5.41, 5.74) is 2.15. The Kier molecular flexibility index (Phi) is 4.14. The van der Waals surface area contributed by atoms with Crippen LogP contribution >= 0.6 is 24.0 Å². The molecule has 1 aliphatic heterocycles. The van der Waals surface area contributed by atoms with Gasteiger partial charge in [0.25, 0.3) is 0 Å². The Labute approximate surface area is 75.9 Å². The molecule has 1 saturated heterocycles. The molecular formula is C6H12N2OS2. The van der Waals surface area contributed by atoms with Gasteiger partial charge in [-0.15, -0.1) is 0 Å². The molecule has 1 heterocycles. The van der Waals surface area contributed by atoms with E-state index in [0.717, 1.165) is 23.7 Å². The molecule has 5 heteroatoms. The zero-order chi connectivity index (χ0) is 8.10. The summed E-state index contributed by atoms with van der Waals surface area (Å²) in [4.78, 5) is 0. The van der Waals surface area contributed by atoms with Crippen molar-refractivity contribution in [1.29, 1.82) is 0 Å². The van der Waals surface area contributed by atoms with E-state index in [0.29, 0.717) is 11.8 Å². The number of hydrogen-bond donors (Lipinski definition) is 3. The van der Waals surface area contributed by atoms with E-state index < -0.39 is 0 Å². The molecule has 0 bridgehead atoms. The highest BCUT2D eigenvalue weighted by Gasteiger charge is 2.16. The maximum absolute atomic E-state index is 8.36. The lowest BCUT2D eigenvalue weighted by molar-refractivity contribution is 0.165. The Balaban J connectivity index is 2.17. The first kappa shape index (κ1) is 9.25. The second-order valence-corrected chi connectivity index (χ2v) is 4.42. The highest BCUT2D eigenvalue weighted by molar-refractivity contribution is 8.23. The van der Waals surface area contributed by atoms with E-state index in [4.69, 9.17) is 17.4 Å². The number of hydrogen-bond acceptors (Lipinski definition) is 4. The smallest absolute Gasteiger partial charge is 0.134 e. The van der Waals surface area contributed by atoms with Gasteiger partial charge in [-0.05, 0) is 12.8 Å². The van der Waals surface area contributed by atoms with Crippen LogP contribution < -0.4 is 10.8 Å². The van der Waals surface area contributed by atoms with Crippen molar-refractivity contribution >= 4 is 28.3 Å². The molecule has 3 nitrogen and oxygen atoms in total. The Hall–Kier alpha value is 0.160. The minimum atomic E-state index is 0.573. The van der Waals surface area contributed by atoms with Crippen LogP contribution in [0, 0.1) is 0 Å². The molecule has 0 saturated carbocycles.